The van der Waals surface area contributed by atoms with E-state index in [1.807, 2.05) is 13.0 Å². The standard InChI is InChI=1S/C10H11FO/c1-8(5-6-12)9-3-2-4-10(11)7-9/h2-5,7,12H,6H2,1H3/b8-5+. The molecule has 1 N–H and O–H groups in total. The van der Waals surface area contributed by atoms with E-state index >= 15 is 0 Å². The van der Waals surface area contributed by atoms with Crippen molar-refractivity contribution in [1.82, 2.24) is 0 Å². The van der Waals surface area contributed by atoms with Gasteiger partial charge >= 0.3 is 0 Å². The zero-order chi connectivity index (χ0) is 8.97. The molecule has 64 valence electrons. The molecule has 0 spiro atoms. The third kappa shape index (κ3) is 2.17. The van der Waals surface area contributed by atoms with Crippen LogP contribution in [0.25, 0.3) is 5.57 Å². The monoisotopic (exact) mass is 166 g/mol. The second-order valence-electron chi connectivity index (χ2n) is 2.58. The molecule has 12 heavy (non-hydrogen) atoms. The van der Waals surface area contributed by atoms with Crippen LogP contribution < -0.4 is 0 Å². The van der Waals surface area contributed by atoms with E-state index in [-0.39, 0.29) is 12.4 Å². The van der Waals surface area contributed by atoms with Crippen molar-refractivity contribution >= 4 is 5.57 Å². The van der Waals surface area contributed by atoms with Crippen LogP contribution in [-0.2, 0) is 0 Å². The van der Waals surface area contributed by atoms with Gasteiger partial charge in [0.1, 0.15) is 5.82 Å². The zero-order valence-corrected chi connectivity index (χ0v) is 6.92. The van der Waals surface area contributed by atoms with E-state index in [0.29, 0.717) is 0 Å². The smallest absolute Gasteiger partial charge is 0.123 e. The summed E-state index contributed by atoms with van der Waals surface area (Å²) in [6, 6.07) is 6.31. The fraction of sp³-hybridized carbons (Fsp3) is 0.200. The maximum absolute atomic E-state index is 12.7. The molecule has 0 saturated heterocycles. The number of allylic oxidation sites excluding steroid dienone is 1. The lowest BCUT2D eigenvalue weighted by Gasteiger charge is -1.99. The molecule has 2 heteroatoms. The average Bonchev–Trinajstić information content (AvgIpc) is 2.05. The van der Waals surface area contributed by atoms with Crippen LogP contribution in [0.5, 0.6) is 0 Å². The first-order chi connectivity index (χ1) is 5.74. The van der Waals surface area contributed by atoms with Crippen LogP contribution >= 0.6 is 0 Å². The average molecular weight is 166 g/mol. The molecule has 0 atom stereocenters. The van der Waals surface area contributed by atoms with Crippen LogP contribution in [0.1, 0.15) is 12.5 Å². The van der Waals surface area contributed by atoms with E-state index in [9.17, 15) is 4.39 Å². The fourth-order valence-electron chi connectivity index (χ4n) is 0.989. The number of aliphatic hydroxyl groups is 1. The molecule has 0 aliphatic carbocycles. The van der Waals surface area contributed by atoms with Crippen molar-refractivity contribution in [3.63, 3.8) is 0 Å². The molecular weight excluding hydrogens is 155 g/mol. The molecular formula is C10H11FO. The molecule has 0 fully saturated rings. The van der Waals surface area contributed by atoms with Crippen molar-refractivity contribution in [1.29, 1.82) is 0 Å². The van der Waals surface area contributed by atoms with Crippen LogP contribution in [0.4, 0.5) is 4.39 Å². The molecule has 0 bridgehead atoms. The van der Waals surface area contributed by atoms with E-state index in [4.69, 9.17) is 5.11 Å². The quantitative estimate of drug-likeness (QED) is 0.714. The third-order valence-electron chi connectivity index (χ3n) is 1.68. The Labute approximate surface area is 71.2 Å². The summed E-state index contributed by atoms with van der Waals surface area (Å²) in [5.41, 5.74) is 1.70. The number of benzene rings is 1. The van der Waals surface area contributed by atoms with Gasteiger partial charge in [-0.25, -0.2) is 4.39 Å². The van der Waals surface area contributed by atoms with Gasteiger partial charge in [-0.05, 0) is 30.2 Å². The minimum Gasteiger partial charge on any atom is -0.392 e. The van der Waals surface area contributed by atoms with Crippen LogP contribution in [0.2, 0.25) is 0 Å². The van der Waals surface area contributed by atoms with E-state index < -0.39 is 0 Å². The molecule has 0 aliphatic heterocycles. The highest BCUT2D eigenvalue weighted by atomic mass is 19.1. The summed E-state index contributed by atoms with van der Waals surface area (Å²) in [6.45, 7) is 1.83. The Morgan fingerprint density at radius 2 is 2.33 bits per heavy atom. The lowest BCUT2D eigenvalue weighted by atomic mass is 10.1. The SMILES string of the molecule is C/C(=C\CO)c1cccc(F)c1. The molecule has 0 heterocycles. The second kappa shape index (κ2) is 4.02. The van der Waals surface area contributed by atoms with E-state index in [0.717, 1.165) is 11.1 Å². The minimum atomic E-state index is -0.252. The van der Waals surface area contributed by atoms with Gasteiger partial charge in [0.25, 0.3) is 0 Å². The molecule has 0 unspecified atom stereocenters. The van der Waals surface area contributed by atoms with Gasteiger partial charge in [-0.15, -0.1) is 0 Å². The molecule has 0 aromatic heterocycles. The first-order valence-electron chi connectivity index (χ1n) is 3.77. The van der Waals surface area contributed by atoms with Gasteiger partial charge < -0.3 is 5.11 Å². The van der Waals surface area contributed by atoms with Crippen molar-refractivity contribution in [2.45, 2.75) is 6.92 Å². The Kier molecular flexibility index (Phi) is 3.00. The molecule has 0 amide bonds. The van der Waals surface area contributed by atoms with E-state index in [1.165, 1.54) is 12.1 Å². The van der Waals surface area contributed by atoms with Crippen LogP contribution in [-0.4, -0.2) is 11.7 Å². The van der Waals surface area contributed by atoms with E-state index in [2.05, 4.69) is 0 Å². The first-order valence-corrected chi connectivity index (χ1v) is 3.77. The third-order valence-corrected chi connectivity index (χ3v) is 1.68. The van der Waals surface area contributed by atoms with Crippen molar-refractivity contribution in [2.24, 2.45) is 0 Å². The highest BCUT2D eigenvalue weighted by Crippen LogP contribution is 2.13. The predicted molar refractivity (Wildman–Crippen MR) is 47.1 cm³/mol. The Bertz CT molecular complexity index is 292. The highest BCUT2D eigenvalue weighted by molar-refractivity contribution is 5.63. The Hall–Kier alpha value is -1.15. The van der Waals surface area contributed by atoms with E-state index in [1.54, 1.807) is 12.1 Å². The topological polar surface area (TPSA) is 20.2 Å². The van der Waals surface area contributed by atoms with Crippen molar-refractivity contribution in [3.05, 3.63) is 41.7 Å². The van der Waals surface area contributed by atoms with Crippen LogP contribution in [0.15, 0.2) is 30.3 Å². The summed E-state index contributed by atoms with van der Waals surface area (Å²) in [6.07, 6.45) is 1.65. The molecule has 0 saturated carbocycles. The van der Waals surface area contributed by atoms with Crippen LogP contribution in [0.3, 0.4) is 0 Å². The molecule has 1 nitrogen and oxygen atoms in total. The lowest BCUT2D eigenvalue weighted by molar-refractivity contribution is 0.343. The molecule has 1 aromatic rings. The minimum absolute atomic E-state index is 0.0116. The Morgan fingerprint density at radius 1 is 1.58 bits per heavy atom. The zero-order valence-electron chi connectivity index (χ0n) is 6.92. The Balaban J connectivity index is 2.95. The van der Waals surface area contributed by atoms with Gasteiger partial charge in [0.2, 0.25) is 0 Å². The summed E-state index contributed by atoms with van der Waals surface area (Å²) in [5.74, 6) is -0.252. The predicted octanol–water partition coefficient (Wildman–Crippen LogP) is 2.22. The van der Waals surface area contributed by atoms with Crippen molar-refractivity contribution < 1.29 is 9.50 Å². The molecule has 0 aliphatic rings. The maximum atomic E-state index is 12.7. The fourth-order valence-corrected chi connectivity index (χ4v) is 0.989. The van der Waals surface area contributed by atoms with Gasteiger partial charge in [0.05, 0.1) is 6.61 Å². The Morgan fingerprint density at radius 3 is 2.92 bits per heavy atom. The summed E-state index contributed by atoms with van der Waals surface area (Å²) >= 11 is 0. The lowest BCUT2D eigenvalue weighted by Crippen LogP contribution is -1.83. The molecule has 1 aromatic carbocycles. The van der Waals surface area contributed by atoms with Crippen molar-refractivity contribution in [3.8, 4) is 0 Å². The number of rotatable bonds is 2. The van der Waals surface area contributed by atoms with Gasteiger partial charge in [0, 0.05) is 0 Å². The number of hydrogen-bond acceptors (Lipinski definition) is 1. The van der Waals surface area contributed by atoms with Gasteiger partial charge in [-0.1, -0.05) is 18.2 Å². The molecule has 0 radical (unpaired) electrons. The molecule has 1 rings (SSSR count). The normalized spacial score (nSPS) is 11.8. The number of hydrogen-bond donors (Lipinski definition) is 1. The number of halogens is 1. The van der Waals surface area contributed by atoms with Gasteiger partial charge in [-0.3, -0.25) is 0 Å². The van der Waals surface area contributed by atoms with Gasteiger partial charge in [-0.2, -0.15) is 0 Å². The largest absolute Gasteiger partial charge is 0.392 e. The number of aliphatic hydroxyl groups excluding tert-OH is 1. The summed E-state index contributed by atoms with van der Waals surface area (Å²) in [5, 5.41) is 8.60. The van der Waals surface area contributed by atoms with Crippen LogP contribution in [0, 0.1) is 5.82 Å². The van der Waals surface area contributed by atoms with Crippen molar-refractivity contribution in [2.75, 3.05) is 6.61 Å². The summed E-state index contributed by atoms with van der Waals surface area (Å²) < 4.78 is 12.7. The first kappa shape index (κ1) is 8.94. The summed E-state index contributed by atoms with van der Waals surface area (Å²) in [4.78, 5) is 0. The second-order valence-corrected chi connectivity index (χ2v) is 2.58. The van der Waals surface area contributed by atoms with Gasteiger partial charge in [0.15, 0.2) is 0 Å². The highest BCUT2D eigenvalue weighted by Gasteiger charge is 1.95. The maximum Gasteiger partial charge on any atom is 0.123 e. The summed E-state index contributed by atoms with van der Waals surface area (Å²) in [7, 11) is 0.